The van der Waals surface area contributed by atoms with E-state index in [0.717, 1.165) is 5.56 Å². The maximum Gasteiger partial charge on any atom is 0.242 e. The number of rotatable bonds is 8. The zero-order chi connectivity index (χ0) is 18.3. The molecule has 0 fully saturated rings. The monoisotopic (exact) mass is 364 g/mol. The second-order valence-corrected chi connectivity index (χ2v) is 7.59. The van der Waals surface area contributed by atoms with Gasteiger partial charge in [-0.15, -0.1) is 0 Å². The number of benzene rings is 2. The van der Waals surface area contributed by atoms with Gasteiger partial charge in [0.25, 0.3) is 0 Å². The first-order chi connectivity index (χ1) is 11.9. The van der Waals surface area contributed by atoms with Gasteiger partial charge in [-0.1, -0.05) is 42.5 Å². The Morgan fingerprint density at radius 1 is 1.08 bits per heavy atom. The van der Waals surface area contributed by atoms with E-state index in [-0.39, 0.29) is 11.4 Å². The van der Waals surface area contributed by atoms with Crippen LogP contribution in [0.15, 0.2) is 54.6 Å². The number of nitrogens with one attached hydrogen (secondary N) is 2. The lowest BCUT2D eigenvalue weighted by atomic mass is 10.1. The van der Waals surface area contributed by atoms with Crippen LogP contribution in [0.1, 0.15) is 18.9 Å². The molecule has 0 spiro atoms. The summed E-state index contributed by atoms with van der Waals surface area (Å²) in [6.45, 7) is 1.42. The van der Waals surface area contributed by atoms with Crippen LogP contribution >= 0.6 is 0 Å². The minimum atomic E-state index is -3.60. The highest BCUT2D eigenvalue weighted by molar-refractivity contribution is 7.89. The Morgan fingerprint density at radius 2 is 1.72 bits per heavy atom. The Morgan fingerprint density at radius 3 is 2.40 bits per heavy atom. The third-order valence-electron chi connectivity index (χ3n) is 3.60. The summed E-state index contributed by atoms with van der Waals surface area (Å²) < 4.78 is 40.0. The normalized spacial score (nSPS) is 12.6. The van der Waals surface area contributed by atoms with Crippen molar-refractivity contribution >= 4 is 21.6 Å². The number of sulfonamides is 1. The highest BCUT2D eigenvalue weighted by Gasteiger charge is 2.20. The molecule has 1 unspecified atom stereocenters. The third-order valence-corrected chi connectivity index (χ3v) is 5.14. The van der Waals surface area contributed by atoms with Crippen molar-refractivity contribution in [1.29, 1.82) is 0 Å². The first kappa shape index (κ1) is 19.1. The SMILES string of the molecule is CC(NS(=O)(=O)CCCc1ccccc1)C(=O)Nc1ccccc1F. The number of carbonyl (C=O) groups is 1. The Labute approximate surface area is 147 Å². The van der Waals surface area contributed by atoms with Gasteiger partial charge < -0.3 is 5.32 Å². The Balaban J connectivity index is 1.84. The molecule has 25 heavy (non-hydrogen) atoms. The molecule has 1 atom stereocenters. The summed E-state index contributed by atoms with van der Waals surface area (Å²) in [6.07, 6.45) is 1.08. The van der Waals surface area contributed by atoms with Crippen LogP contribution in [0.4, 0.5) is 10.1 Å². The lowest BCUT2D eigenvalue weighted by molar-refractivity contribution is -0.117. The van der Waals surface area contributed by atoms with Crippen LogP contribution in [-0.2, 0) is 21.2 Å². The van der Waals surface area contributed by atoms with Crippen molar-refractivity contribution in [2.75, 3.05) is 11.1 Å². The van der Waals surface area contributed by atoms with E-state index < -0.39 is 27.8 Å². The quantitative estimate of drug-likeness (QED) is 0.756. The lowest BCUT2D eigenvalue weighted by Crippen LogP contribution is -2.42. The number of amides is 1. The molecule has 0 heterocycles. The van der Waals surface area contributed by atoms with Crippen LogP contribution in [0.25, 0.3) is 0 Å². The number of hydrogen-bond donors (Lipinski definition) is 2. The minimum Gasteiger partial charge on any atom is -0.322 e. The predicted octanol–water partition coefficient (Wildman–Crippen LogP) is 2.70. The fourth-order valence-electron chi connectivity index (χ4n) is 2.30. The number of carbonyl (C=O) groups excluding carboxylic acids is 1. The van der Waals surface area contributed by atoms with E-state index in [0.29, 0.717) is 12.8 Å². The second-order valence-electron chi connectivity index (χ2n) is 5.72. The van der Waals surface area contributed by atoms with Crippen LogP contribution < -0.4 is 10.0 Å². The summed E-state index contributed by atoms with van der Waals surface area (Å²) in [7, 11) is -3.60. The van der Waals surface area contributed by atoms with Crippen LogP contribution in [0.2, 0.25) is 0 Å². The van der Waals surface area contributed by atoms with Crippen LogP contribution in [0, 0.1) is 5.82 Å². The molecule has 0 aromatic heterocycles. The summed E-state index contributed by atoms with van der Waals surface area (Å²) in [4.78, 5) is 12.0. The standard InChI is InChI=1S/C18H21FN2O3S/c1-14(18(22)20-17-12-6-5-11-16(17)19)21-25(23,24)13-7-10-15-8-3-2-4-9-15/h2-6,8-9,11-12,14,21H,7,10,13H2,1H3,(H,20,22). The van der Waals surface area contributed by atoms with Crippen molar-refractivity contribution < 1.29 is 17.6 Å². The highest BCUT2D eigenvalue weighted by atomic mass is 32.2. The number of hydrogen-bond acceptors (Lipinski definition) is 3. The maximum atomic E-state index is 13.5. The van der Waals surface area contributed by atoms with Gasteiger partial charge in [0.15, 0.2) is 0 Å². The highest BCUT2D eigenvalue weighted by Crippen LogP contribution is 2.12. The van der Waals surface area contributed by atoms with Gasteiger partial charge in [0.05, 0.1) is 17.5 Å². The zero-order valence-corrected chi connectivity index (χ0v) is 14.7. The molecule has 0 aliphatic carbocycles. The number of anilines is 1. The molecule has 2 N–H and O–H groups in total. The van der Waals surface area contributed by atoms with Gasteiger partial charge >= 0.3 is 0 Å². The number of halogens is 1. The summed E-state index contributed by atoms with van der Waals surface area (Å²) in [5.41, 5.74) is 1.07. The molecule has 2 aromatic rings. The van der Waals surface area contributed by atoms with Crippen molar-refractivity contribution in [3.63, 3.8) is 0 Å². The van der Waals surface area contributed by atoms with Gasteiger partial charge in [-0.25, -0.2) is 17.5 Å². The van der Waals surface area contributed by atoms with Crippen molar-refractivity contribution in [1.82, 2.24) is 4.72 Å². The molecule has 7 heteroatoms. The molecular weight excluding hydrogens is 343 g/mol. The molecule has 0 saturated carbocycles. The summed E-state index contributed by atoms with van der Waals surface area (Å²) in [6, 6.07) is 14.3. The second kappa shape index (κ2) is 8.73. The fraction of sp³-hybridized carbons (Fsp3) is 0.278. The van der Waals surface area contributed by atoms with E-state index in [1.165, 1.54) is 25.1 Å². The van der Waals surface area contributed by atoms with Crippen molar-refractivity contribution in [2.24, 2.45) is 0 Å². The van der Waals surface area contributed by atoms with E-state index in [1.54, 1.807) is 6.07 Å². The molecule has 134 valence electrons. The first-order valence-electron chi connectivity index (χ1n) is 7.97. The van der Waals surface area contributed by atoms with E-state index in [9.17, 15) is 17.6 Å². The molecule has 0 saturated heterocycles. The smallest absolute Gasteiger partial charge is 0.242 e. The van der Waals surface area contributed by atoms with Gasteiger partial charge in [-0.2, -0.15) is 0 Å². The molecule has 0 aliphatic heterocycles. The zero-order valence-electron chi connectivity index (χ0n) is 13.9. The topological polar surface area (TPSA) is 75.3 Å². The van der Waals surface area contributed by atoms with Crippen molar-refractivity contribution in [2.45, 2.75) is 25.8 Å². The number of aryl methyl sites for hydroxylation is 1. The van der Waals surface area contributed by atoms with Gasteiger partial charge in [-0.05, 0) is 37.5 Å². The first-order valence-corrected chi connectivity index (χ1v) is 9.62. The van der Waals surface area contributed by atoms with Crippen molar-refractivity contribution in [3.8, 4) is 0 Å². The molecule has 0 aliphatic rings. The van der Waals surface area contributed by atoms with Gasteiger partial charge in [0.1, 0.15) is 5.82 Å². The van der Waals surface area contributed by atoms with Gasteiger partial charge in [0.2, 0.25) is 15.9 Å². The van der Waals surface area contributed by atoms with Crippen molar-refractivity contribution in [3.05, 3.63) is 66.0 Å². The Bertz CT molecular complexity index is 810. The largest absolute Gasteiger partial charge is 0.322 e. The van der Waals surface area contributed by atoms with Gasteiger partial charge in [-0.3, -0.25) is 4.79 Å². The predicted molar refractivity (Wildman–Crippen MR) is 96.2 cm³/mol. The van der Waals surface area contributed by atoms with Gasteiger partial charge in [0, 0.05) is 0 Å². The minimum absolute atomic E-state index is 0.0163. The molecule has 2 aromatic carbocycles. The summed E-state index contributed by atoms with van der Waals surface area (Å²) in [5.74, 6) is -1.27. The molecule has 0 radical (unpaired) electrons. The molecule has 0 bridgehead atoms. The summed E-state index contributed by atoms with van der Waals surface area (Å²) >= 11 is 0. The van der Waals surface area contributed by atoms with E-state index in [4.69, 9.17) is 0 Å². The maximum absolute atomic E-state index is 13.5. The molecular formula is C18H21FN2O3S. The average molecular weight is 364 g/mol. The van der Waals surface area contributed by atoms with E-state index in [1.807, 2.05) is 30.3 Å². The lowest BCUT2D eigenvalue weighted by Gasteiger charge is -2.14. The van der Waals surface area contributed by atoms with Crippen LogP contribution in [0.5, 0.6) is 0 Å². The average Bonchev–Trinajstić information content (AvgIpc) is 2.57. The molecule has 5 nitrogen and oxygen atoms in total. The Hall–Kier alpha value is -2.25. The fourth-order valence-corrected chi connectivity index (χ4v) is 3.58. The molecule has 2 rings (SSSR count). The van der Waals surface area contributed by atoms with Crippen LogP contribution in [-0.4, -0.2) is 26.1 Å². The van der Waals surface area contributed by atoms with Crippen LogP contribution in [0.3, 0.4) is 0 Å². The third kappa shape index (κ3) is 6.28. The van der Waals surface area contributed by atoms with E-state index in [2.05, 4.69) is 10.0 Å². The summed E-state index contributed by atoms with van der Waals surface area (Å²) in [5, 5.41) is 2.37. The Kier molecular flexibility index (Phi) is 6.66. The number of para-hydroxylation sites is 1. The van der Waals surface area contributed by atoms with E-state index >= 15 is 0 Å². The molecule has 1 amide bonds.